The van der Waals surface area contributed by atoms with Gasteiger partial charge in [-0.15, -0.1) is 11.3 Å². The number of aromatic hydroxyl groups is 1. The standard InChI is InChI=1S/C16H15Cl2NO3S/c1-4-22-16(21)13-8(2)9(3)23-15(13)19-7-10-5-11(17)6-12(18)14(10)20/h5-7,20H,4H2,1-3H3. The van der Waals surface area contributed by atoms with Crippen LogP contribution in [0.1, 0.15) is 33.3 Å². The number of thiophene rings is 1. The van der Waals surface area contributed by atoms with E-state index >= 15 is 0 Å². The molecule has 1 N–H and O–H groups in total. The smallest absolute Gasteiger partial charge is 0.341 e. The molecule has 1 heterocycles. The number of rotatable bonds is 4. The second-order valence-electron chi connectivity index (χ2n) is 4.77. The number of aliphatic imine (C=N–C) groups is 1. The quantitative estimate of drug-likeness (QED) is 0.585. The van der Waals surface area contributed by atoms with E-state index in [1.807, 2.05) is 13.8 Å². The first kappa shape index (κ1) is 17.8. The van der Waals surface area contributed by atoms with Crippen LogP contribution in [0.5, 0.6) is 5.75 Å². The lowest BCUT2D eigenvalue weighted by molar-refractivity contribution is 0.0527. The molecule has 7 heteroatoms. The summed E-state index contributed by atoms with van der Waals surface area (Å²) in [6.45, 7) is 5.81. The highest BCUT2D eigenvalue weighted by atomic mass is 35.5. The molecular weight excluding hydrogens is 357 g/mol. The Morgan fingerprint density at radius 2 is 2.09 bits per heavy atom. The normalized spacial score (nSPS) is 11.2. The van der Waals surface area contributed by atoms with Crippen LogP contribution in [-0.4, -0.2) is 23.9 Å². The molecule has 2 aromatic rings. The Balaban J connectivity index is 2.45. The summed E-state index contributed by atoms with van der Waals surface area (Å²) in [7, 11) is 0. The molecule has 0 fully saturated rings. The molecule has 0 aliphatic carbocycles. The van der Waals surface area contributed by atoms with Gasteiger partial charge in [-0.2, -0.15) is 0 Å². The Morgan fingerprint density at radius 1 is 1.39 bits per heavy atom. The molecule has 23 heavy (non-hydrogen) atoms. The predicted molar refractivity (Wildman–Crippen MR) is 95.1 cm³/mol. The van der Waals surface area contributed by atoms with Crippen molar-refractivity contribution in [3.8, 4) is 5.75 Å². The molecule has 0 spiro atoms. The van der Waals surface area contributed by atoms with Crippen LogP contribution in [0.25, 0.3) is 0 Å². The number of carbonyl (C=O) groups is 1. The fourth-order valence-corrected chi connectivity index (χ4v) is 3.45. The van der Waals surface area contributed by atoms with Gasteiger partial charge in [0.25, 0.3) is 0 Å². The number of esters is 1. The number of hydrogen-bond donors (Lipinski definition) is 1. The highest BCUT2D eigenvalue weighted by Gasteiger charge is 2.20. The van der Waals surface area contributed by atoms with Crippen molar-refractivity contribution in [1.29, 1.82) is 0 Å². The summed E-state index contributed by atoms with van der Waals surface area (Å²) in [5.74, 6) is -0.516. The summed E-state index contributed by atoms with van der Waals surface area (Å²) in [6, 6.07) is 2.99. The van der Waals surface area contributed by atoms with Crippen molar-refractivity contribution in [3.05, 3.63) is 43.7 Å². The number of ether oxygens (including phenoxy) is 1. The lowest BCUT2D eigenvalue weighted by atomic mass is 10.1. The number of benzene rings is 1. The van der Waals surface area contributed by atoms with Gasteiger partial charge in [-0.25, -0.2) is 9.79 Å². The molecule has 0 saturated carbocycles. The summed E-state index contributed by atoms with van der Waals surface area (Å²) < 4.78 is 5.08. The highest BCUT2D eigenvalue weighted by Crippen LogP contribution is 2.36. The van der Waals surface area contributed by atoms with Crippen LogP contribution < -0.4 is 0 Å². The topological polar surface area (TPSA) is 58.9 Å². The van der Waals surface area contributed by atoms with Gasteiger partial charge >= 0.3 is 5.97 Å². The number of hydrogen-bond acceptors (Lipinski definition) is 5. The van der Waals surface area contributed by atoms with Gasteiger partial charge in [0.2, 0.25) is 0 Å². The van der Waals surface area contributed by atoms with Gasteiger partial charge in [-0.3, -0.25) is 0 Å². The lowest BCUT2D eigenvalue weighted by Crippen LogP contribution is -2.05. The monoisotopic (exact) mass is 371 g/mol. The molecule has 0 bridgehead atoms. The molecule has 4 nitrogen and oxygen atoms in total. The Bertz CT molecular complexity index is 784. The summed E-state index contributed by atoms with van der Waals surface area (Å²) in [5.41, 5.74) is 1.66. The van der Waals surface area contributed by atoms with Crippen molar-refractivity contribution in [2.24, 2.45) is 4.99 Å². The van der Waals surface area contributed by atoms with Gasteiger partial charge in [0.05, 0.1) is 17.2 Å². The third-order valence-corrected chi connectivity index (χ3v) is 4.85. The fraction of sp³-hybridized carbons (Fsp3) is 0.250. The van der Waals surface area contributed by atoms with Gasteiger partial charge in [0.1, 0.15) is 10.8 Å². The van der Waals surface area contributed by atoms with Gasteiger partial charge in [0, 0.05) is 21.7 Å². The van der Waals surface area contributed by atoms with Gasteiger partial charge < -0.3 is 9.84 Å². The maximum atomic E-state index is 12.1. The van der Waals surface area contributed by atoms with Crippen LogP contribution in [0.4, 0.5) is 5.00 Å². The molecule has 1 aromatic carbocycles. The van der Waals surface area contributed by atoms with Crippen LogP contribution >= 0.6 is 34.5 Å². The number of aryl methyl sites for hydroxylation is 1. The van der Waals surface area contributed by atoms with Crippen molar-refractivity contribution in [3.63, 3.8) is 0 Å². The minimum absolute atomic E-state index is 0.109. The van der Waals surface area contributed by atoms with Crippen LogP contribution in [-0.2, 0) is 4.74 Å². The maximum absolute atomic E-state index is 12.1. The molecule has 0 aliphatic rings. The second kappa shape index (κ2) is 7.34. The maximum Gasteiger partial charge on any atom is 0.341 e. The van der Waals surface area contributed by atoms with Gasteiger partial charge in [0.15, 0.2) is 0 Å². The predicted octanol–water partition coefficient (Wildman–Crippen LogP) is 5.30. The minimum atomic E-state index is -0.408. The molecule has 0 atom stereocenters. The molecule has 1 aromatic heterocycles. The minimum Gasteiger partial charge on any atom is -0.506 e. The largest absolute Gasteiger partial charge is 0.506 e. The van der Waals surface area contributed by atoms with Crippen molar-refractivity contribution in [2.75, 3.05) is 6.61 Å². The average Bonchev–Trinajstić information content (AvgIpc) is 2.76. The third-order valence-electron chi connectivity index (χ3n) is 3.22. The molecule has 0 amide bonds. The van der Waals surface area contributed by atoms with Gasteiger partial charge in [-0.05, 0) is 38.5 Å². The number of phenolic OH excluding ortho intramolecular Hbond substituents is 1. The van der Waals surface area contributed by atoms with E-state index in [1.54, 1.807) is 13.0 Å². The third kappa shape index (κ3) is 3.86. The zero-order valence-corrected chi connectivity index (χ0v) is 15.1. The molecule has 2 rings (SSSR count). The van der Waals surface area contributed by atoms with Crippen LogP contribution in [0.15, 0.2) is 17.1 Å². The second-order valence-corrected chi connectivity index (χ2v) is 6.81. The summed E-state index contributed by atoms with van der Waals surface area (Å²) in [6.07, 6.45) is 1.43. The molecule has 0 unspecified atom stereocenters. The number of phenols is 1. The number of halogens is 2. The van der Waals surface area contributed by atoms with Crippen LogP contribution in [0.2, 0.25) is 10.0 Å². The highest BCUT2D eigenvalue weighted by molar-refractivity contribution is 7.16. The lowest BCUT2D eigenvalue weighted by Gasteiger charge is -2.04. The Kier molecular flexibility index (Phi) is 5.68. The van der Waals surface area contributed by atoms with Crippen LogP contribution in [0.3, 0.4) is 0 Å². The Labute approximate surface area is 148 Å². The molecule has 0 radical (unpaired) electrons. The first-order valence-electron chi connectivity index (χ1n) is 6.84. The first-order valence-corrected chi connectivity index (χ1v) is 8.41. The molecular formula is C16H15Cl2NO3S. The van der Waals surface area contributed by atoms with E-state index in [4.69, 9.17) is 27.9 Å². The van der Waals surface area contributed by atoms with Crippen molar-refractivity contribution < 1.29 is 14.6 Å². The fourth-order valence-electron chi connectivity index (χ4n) is 1.96. The molecule has 0 aliphatic heterocycles. The summed E-state index contributed by atoms with van der Waals surface area (Å²) in [4.78, 5) is 17.4. The Hall–Kier alpha value is -1.56. The van der Waals surface area contributed by atoms with E-state index in [0.717, 1.165) is 10.4 Å². The average molecular weight is 372 g/mol. The zero-order valence-electron chi connectivity index (χ0n) is 12.8. The number of nitrogens with zero attached hydrogens (tertiary/aromatic N) is 1. The van der Waals surface area contributed by atoms with E-state index in [2.05, 4.69) is 4.99 Å². The van der Waals surface area contributed by atoms with Gasteiger partial charge in [-0.1, -0.05) is 23.2 Å². The van der Waals surface area contributed by atoms with E-state index in [0.29, 0.717) is 27.8 Å². The SMILES string of the molecule is CCOC(=O)c1c(N=Cc2cc(Cl)cc(Cl)c2O)sc(C)c1C. The van der Waals surface area contributed by atoms with Crippen molar-refractivity contribution in [2.45, 2.75) is 20.8 Å². The number of carbonyl (C=O) groups excluding carboxylic acids is 1. The van der Waals surface area contributed by atoms with Crippen molar-refractivity contribution in [1.82, 2.24) is 0 Å². The zero-order chi connectivity index (χ0) is 17.1. The van der Waals surface area contributed by atoms with E-state index in [1.165, 1.54) is 23.6 Å². The van der Waals surface area contributed by atoms with Crippen LogP contribution in [0, 0.1) is 13.8 Å². The summed E-state index contributed by atoms with van der Waals surface area (Å²) in [5, 5.41) is 11.0. The van der Waals surface area contributed by atoms with E-state index in [-0.39, 0.29) is 10.8 Å². The molecule has 122 valence electrons. The molecule has 0 saturated heterocycles. The summed E-state index contributed by atoms with van der Waals surface area (Å²) >= 11 is 13.2. The van der Waals surface area contributed by atoms with Crippen molar-refractivity contribution >= 4 is 51.7 Å². The first-order chi connectivity index (χ1) is 10.8. The van der Waals surface area contributed by atoms with E-state index < -0.39 is 5.97 Å². The Morgan fingerprint density at radius 3 is 2.74 bits per heavy atom. The van der Waals surface area contributed by atoms with E-state index in [9.17, 15) is 9.90 Å².